The summed E-state index contributed by atoms with van der Waals surface area (Å²) in [6.45, 7) is 7.27. The first kappa shape index (κ1) is 19.1. The Morgan fingerprint density at radius 3 is 2.74 bits per heavy atom. The van der Waals surface area contributed by atoms with E-state index < -0.39 is 0 Å². The van der Waals surface area contributed by atoms with Crippen molar-refractivity contribution in [2.24, 2.45) is 11.5 Å². The molecule has 0 atom stereocenters. The Morgan fingerprint density at radius 2 is 2.17 bits per heavy atom. The zero-order valence-corrected chi connectivity index (χ0v) is 14.4. The van der Waals surface area contributed by atoms with Gasteiger partial charge in [-0.2, -0.15) is 0 Å². The first-order valence-corrected chi connectivity index (χ1v) is 8.15. The van der Waals surface area contributed by atoms with Gasteiger partial charge in [-0.25, -0.2) is 4.98 Å². The molecule has 0 amide bonds. The summed E-state index contributed by atoms with van der Waals surface area (Å²) >= 11 is 0. The summed E-state index contributed by atoms with van der Waals surface area (Å²) in [5, 5.41) is 8.38. The maximum Gasteiger partial charge on any atom is 0.212 e. The van der Waals surface area contributed by atoms with Gasteiger partial charge in [0.2, 0.25) is 5.88 Å². The molecule has 5 N–H and O–H groups in total. The number of ether oxygens (including phenoxy) is 1. The summed E-state index contributed by atoms with van der Waals surface area (Å²) in [5.74, 6) is 0.543. The Bertz CT molecular complexity index is 534. The second-order valence-corrected chi connectivity index (χ2v) is 5.14. The van der Waals surface area contributed by atoms with Gasteiger partial charge in [-0.3, -0.25) is 10.3 Å². The second-order valence-electron chi connectivity index (χ2n) is 5.14. The van der Waals surface area contributed by atoms with E-state index in [1.165, 1.54) is 0 Å². The van der Waals surface area contributed by atoms with E-state index in [0.717, 1.165) is 42.8 Å². The van der Waals surface area contributed by atoms with Gasteiger partial charge in [-0.05, 0) is 25.6 Å². The number of methoxy groups -OCH3 is 1. The third kappa shape index (κ3) is 5.33. The van der Waals surface area contributed by atoms with E-state index >= 15 is 0 Å². The number of nitrogens with zero attached hydrogens (tertiary/aromatic N) is 2. The lowest BCUT2D eigenvalue weighted by Crippen LogP contribution is -2.37. The lowest BCUT2D eigenvalue weighted by molar-refractivity contribution is 0.287. The van der Waals surface area contributed by atoms with Crippen molar-refractivity contribution in [1.82, 2.24) is 9.88 Å². The van der Waals surface area contributed by atoms with Crippen molar-refractivity contribution in [2.75, 3.05) is 33.3 Å². The highest BCUT2D eigenvalue weighted by Gasteiger charge is 2.21. The molecule has 0 saturated heterocycles. The van der Waals surface area contributed by atoms with Crippen LogP contribution in [0.2, 0.25) is 0 Å². The number of hydrogen-bond donors (Lipinski definition) is 3. The highest BCUT2D eigenvalue weighted by molar-refractivity contribution is 6.11. The van der Waals surface area contributed by atoms with Gasteiger partial charge in [0.15, 0.2) is 0 Å². The molecule has 0 unspecified atom stereocenters. The summed E-state index contributed by atoms with van der Waals surface area (Å²) < 4.78 is 5.04. The van der Waals surface area contributed by atoms with Gasteiger partial charge >= 0.3 is 0 Å². The molecule has 23 heavy (non-hydrogen) atoms. The van der Waals surface area contributed by atoms with E-state index in [2.05, 4.69) is 9.88 Å². The van der Waals surface area contributed by atoms with E-state index in [-0.39, 0.29) is 2.85 Å². The highest BCUT2D eigenvalue weighted by Crippen LogP contribution is 2.19. The Hall–Kier alpha value is -1.92. The van der Waals surface area contributed by atoms with Crippen LogP contribution < -0.4 is 16.2 Å². The van der Waals surface area contributed by atoms with Crippen LogP contribution in [0, 0.1) is 5.41 Å². The van der Waals surface area contributed by atoms with Gasteiger partial charge in [-0.15, -0.1) is 0 Å². The molecule has 132 valence electrons. The molecule has 1 aliphatic rings. The fraction of sp³-hybridized carbons (Fsp3) is 0.529. The number of rotatable bonds is 6. The van der Waals surface area contributed by atoms with Crippen LogP contribution in [0.25, 0.3) is 0 Å². The topological polar surface area (TPSA) is 101 Å². The lowest BCUT2D eigenvalue weighted by Gasteiger charge is -2.29. The van der Waals surface area contributed by atoms with E-state index in [4.69, 9.17) is 21.6 Å². The van der Waals surface area contributed by atoms with E-state index in [0.29, 0.717) is 24.7 Å². The van der Waals surface area contributed by atoms with Gasteiger partial charge in [0, 0.05) is 51.5 Å². The molecule has 2 rings (SSSR count). The summed E-state index contributed by atoms with van der Waals surface area (Å²) in [7, 11) is 1.57. The number of aromatic nitrogens is 1. The molecule has 0 aliphatic carbocycles. The summed E-state index contributed by atoms with van der Waals surface area (Å²) in [4.78, 5) is 6.45. The Balaban J connectivity index is 0. The van der Waals surface area contributed by atoms with E-state index in [1.807, 2.05) is 19.9 Å². The predicted molar refractivity (Wildman–Crippen MR) is 99.1 cm³/mol. The van der Waals surface area contributed by atoms with Crippen LogP contribution in [0.4, 0.5) is 0 Å². The average Bonchev–Trinajstić information content (AvgIpc) is 2.62. The fourth-order valence-corrected chi connectivity index (χ4v) is 2.40. The molecule has 6 nitrogen and oxygen atoms in total. The Labute approximate surface area is 142 Å². The van der Waals surface area contributed by atoms with Crippen LogP contribution in [0.5, 0.6) is 5.88 Å². The van der Waals surface area contributed by atoms with Crippen molar-refractivity contribution in [2.45, 2.75) is 26.7 Å². The number of pyridine rings is 1. The van der Waals surface area contributed by atoms with Crippen LogP contribution in [-0.4, -0.2) is 48.9 Å². The normalized spacial score (nSPS) is 15.0. The molecule has 1 aromatic heterocycles. The van der Waals surface area contributed by atoms with Crippen LogP contribution in [0.3, 0.4) is 0 Å². The number of nitrogens with two attached hydrogens (primary N) is 2. The molecule has 0 radical (unpaired) electrons. The predicted octanol–water partition coefficient (Wildman–Crippen LogP) is 2.24. The molecular formula is C17H33N5O. The molecule has 1 aliphatic heterocycles. The summed E-state index contributed by atoms with van der Waals surface area (Å²) in [5.41, 5.74) is 14.6. The van der Waals surface area contributed by atoms with Crippen LogP contribution in [0.15, 0.2) is 29.6 Å². The van der Waals surface area contributed by atoms with E-state index in [1.54, 1.807) is 19.4 Å². The molecule has 0 bridgehead atoms. The molecule has 0 fully saturated rings. The molecular weight excluding hydrogens is 290 g/mol. The smallest absolute Gasteiger partial charge is 0.212 e. The standard InChI is InChI=1S/C15H23N5O.C2H6.2H2/c1-21-14-4-3-11(9-19-14)15(18)12-10-20(7-2-6-16)8-5-13(12)17;1-2;;/h3-4,9,18H,2,5-8,10,16-17H2,1H3;1-2H3;2*1H. The molecule has 1 aromatic rings. The van der Waals surface area contributed by atoms with Crippen molar-refractivity contribution >= 4 is 5.71 Å². The third-order valence-electron chi connectivity index (χ3n) is 3.68. The molecule has 0 aromatic carbocycles. The maximum atomic E-state index is 8.38. The van der Waals surface area contributed by atoms with Gasteiger partial charge in [0.25, 0.3) is 0 Å². The van der Waals surface area contributed by atoms with Crippen molar-refractivity contribution < 1.29 is 7.59 Å². The first-order chi connectivity index (χ1) is 11.2. The number of hydrogen-bond acceptors (Lipinski definition) is 6. The Kier molecular flexibility index (Phi) is 8.29. The molecule has 2 heterocycles. The minimum Gasteiger partial charge on any atom is -0.481 e. The minimum absolute atomic E-state index is 0. The van der Waals surface area contributed by atoms with Crippen molar-refractivity contribution in [3.63, 3.8) is 0 Å². The zero-order chi connectivity index (χ0) is 17.2. The van der Waals surface area contributed by atoms with Crippen molar-refractivity contribution in [1.29, 1.82) is 5.41 Å². The van der Waals surface area contributed by atoms with Gasteiger partial charge in [-0.1, -0.05) is 13.8 Å². The summed E-state index contributed by atoms with van der Waals surface area (Å²) in [6.07, 6.45) is 3.41. The van der Waals surface area contributed by atoms with Gasteiger partial charge in [0.05, 0.1) is 12.8 Å². The minimum atomic E-state index is 0. The fourth-order valence-electron chi connectivity index (χ4n) is 2.40. The lowest BCUT2D eigenvalue weighted by atomic mass is 9.97. The third-order valence-corrected chi connectivity index (χ3v) is 3.68. The highest BCUT2D eigenvalue weighted by atomic mass is 16.5. The second kappa shape index (κ2) is 9.97. The number of nitrogens with one attached hydrogen (secondary N) is 1. The van der Waals surface area contributed by atoms with Gasteiger partial charge in [0.1, 0.15) is 0 Å². The first-order valence-electron chi connectivity index (χ1n) is 8.15. The average molecular weight is 323 g/mol. The van der Waals surface area contributed by atoms with Crippen molar-refractivity contribution in [3.8, 4) is 5.88 Å². The monoisotopic (exact) mass is 323 g/mol. The van der Waals surface area contributed by atoms with Crippen molar-refractivity contribution in [3.05, 3.63) is 35.2 Å². The maximum absolute atomic E-state index is 8.38. The summed E-state index contributed by atoms with van der Waals surface area (Å²) in [6, 6.07) is 3.60. The van der Waals surface area contributed by atoms with Crippen LogP contribution in [-0.2, 0) is 0 Å². The van der Waals surface area contributed by atoms with Gasteiger partial charge < -0.3 is 16.2 Å². The molecule has 6 heteroatoms. The molecule has 0 spiro atoms. The quantitative estimate of drug-likeness (QED) is 0.697. The van der Waals surface area contributed by atoms with Crippen LogP contribution in [0.1, 0.15) is 35.1 Å². The SMILES string of the molecule is CC.COc1ccc(C(=N)C2=C(N)CCN(CCCN)C2)cn1.[HH].[HH]. The van der Waals surface area contributed by atoms with Crippen LogP contribution >= 0.6 is 0 Å². The zero-order valence-electron chi connectivity index (χ0n) is 14.4. The largest absolute Gasteiger partial charge is 0.481 e. The van der Waals surface area contributed by atoms with E-state index in [9.17, 15) is 0 Å². The molecule has 0 saturated carbocycles. The Morgan fingerprint density at radius 1 is 1.43 bits per heavy atom.